The van der Waals surface area contributed by atoms with Gasteiger partial charge in [0.2, 0.25) is 0 Å². The molecule has 0 radical (unpaired) electrons. The molecule has 31 heavy (non-hydrogen) atoms. The van der Waals surface area contributed by atoms with Gasteiger partial charge in [-0.25, -0.2) is 9.87 Å². The molecule has 160 valence electrons. The van der Waals surface area contributed by atoms with Gasteiger partial charge in [0, 0.05) is 34.3 Å². The maximum atomic E-state index is 13.6. The molecule has 1 unspecified atom stereocenters. The first-order valence-corrected chi connectivity index (χ1v) is 9.96. The summed E-state index contributed by atoms with van der Waals surface area (Å²) in [5.74, 6) is -0.691. The second-order valence-electron chi connectivity index (χ2n) is 7.41. The molecule has 2 aromatic carbocycles. The van der Waals surface area contributed by atoms with Gasteiger partial charge >= 0.3 is 0 Å². The molecule has 1 aliphatic rings. The molecule has 4 rings (SSSR count). The Labute approximate surface area is 177 Å². The van der Waals surface area contributed by atoms with Crippen LogP contribution in [0, 0.1) is 5.82 Å². The highest BCUT2D eigenvalue weighted by Gasteiger charge is 2.20. The lowest BCUT2D eigenvalue weighted by Crippen LogP contribution is -2.35. The van der Waals surface area contributed by atoms with Gasteiger partial charge in [-0.2, -0.15) is 0 Å². The molecule has 1 heterocycles. The summed E-state index contributed by atoms with van der Waals surface area (Å²) in [5, 5.41) is 12.4. The van der Waals surface area contributed by atoms with E-state index in [9.17, 15) is 14.0 Å². The average Bonchev–Trinajstić information content (AvgIpc) is 3.21. The molecule has 0 saturated carbocycles. The number of H-pyrrole nitrogens is 1. The number of ether oxygens (including phenoxy) is 1. The fourth-order valence-electron chi connectivity index (χ4n) is 3.72. The van der Waals surface area contributed by atoms with E-state index in [4.69, 9.17) is 9.94 Å². The predicted molar refractivity (Wildman–Crippen MR) is 113 cm³/mol. The van der Waals surface area contributed by atoms with Crippen LogP contribution in [0.2, 0.25) is 0 Å². The largest absolute Gasteiger partial charge is 0.484 e. The van der Waals surface area contributed by atoms with Gasteiger partial charge in [-0.1, -0.05) is 6.08 Å². The van der Waals surface area contributed by atoms with Gasteiger partial charge < -0.3 is 15.0 Å². The molecule has 0 fully saturated rings. The Kier molecular flexibility index (Phi) is 5.99. The van der Waals surface area contributed by atoms with E-state index in [0.29, 0.717) is 17.7 Å². The quantitative estimate of drug-likeness (QED) is 0.360. The van der Waals surface area contributed by atoms with Crippen molar-refractivity contribution in [3.63, 3.8) is 0 Å². The van der Waals surface area contributed by atoms with Crippen LogP contribution in [0.5, 0.6) is 5.75 Å². The first-order valence-electron chi connectivity index (χ1n) is 9.96. The zero-order valence-corrected chi connectivity index (χ0v) is 16.7. The zero-order valence-electron chi connectivity index (χ0n) is 16.7. The van der Waals surface area contributed by atoms with E-state index in [2.05, 4.69) is 16.4 Å². The standard InChI is InChI=1S/C23H22FN3O4/c24-16-5-10-21-19(11-16)20(12-25-21)14-1-6-17(7-2-14)26-23(29)15-3-8-18(9-4-15)31-13-22(28)27-30/h1,3-5,8-12,17,25,30H,2,6-7,13H2,(H,26,29)(H,27,28). The molecule has 0 saturated heterocycles. The highest BCUT2D eigenvalue weighted by Crippen LogP contribution is 2.32. The Morgan fingerprint density at radius 3 is 2.71 bits per heavy atom. The van der Waals surface area contributed by atoms with Crippen molar-refractivity contribution in [2.75, 3.05) is 6.61 Å². The van der Waals surface area contributed by atoms with Gasteiger partial charge in [-0.15, -0.1) is 0 Å². The van der Waals surface area contributed by atoms with E-state index < -0.39 is 5.91 Å². The summed E-state index contributed by atoms with van der Waals surface area (Å²) in [6, 6.07) is 11.1. The highest BCUT2D eigenvalue weighted by atomic mass is 19.1. The van der Waals surface area contributed by atoms with Crippen LogP contribution in [0.15, 0.2) is 54.7 Å². The molecule has 1 aliphatic carbocycles. The van der Waals surface area contributed by atoms with Crippen LogP contribution in [0.1, 0.15) is 35.2 Å². The number of halogens is 1. The van der Waals surface area contributed by atoms with Crippen molar-refractivity contribution < 1.29 is 23.9 Å². The van der Waals surface area contributed by atoms with E-state index in [1.165, 1.54) is 11.5 Å². The van der Waals surface area contributed by atoms with Gasteiger partial charge in [0.25, 0.3) is 11.8 Å². The smallest absolute Gasteiger partial charge is 0.281 e. The number of aromatic amines is 1. The number of hydrogen-bond acceptors (Lipinski definition) is 4. The molecule has 2 amide bonds. The summed E-state index contributed by atoms with van der Waals surface area (Å²) in [5.41, 5.74) is 5.02. The monoisotopic (exact) mass is 423 g/mol. The van der Waals surface area contributed by atoms with E-state index in [0.717, 1.165) is 34.9 Å². The Hall–Kier alpha value is -3.65. The van der Waals surface area contributed by atoms with Gasteiger partial charge in [0.1, 0.15) is 11.6 Å². The molecule has 1 aromatic heterocycles. The average molecular weight is 423 g/mol. The third kappa shape index (κ3) is 4.75. The second kappa shape index (κ2) is 9.01. The topological polar surface area (TPSA) is 103 Å². The summed E-state index contributed by atoms with van der Waals surface area (Å²) in [7, 11) is 0. The lowest BCUT2D eigenvalue weighted by Gasteiger charge is -2.23. The number of carbonyl (C=O) groups is 2. The SMILES string of the molecule is O=C(COc1ccc(C(=O)NC2CC=C(c3c[nH]c4ccc(F)cc34)CC2)cc1)NO. The number of carbonyl (C=O) groups excluding carboxylic acids is 2. The second-order valence-corrected chi connectivity index (χ2v) is 7.41. The van der Waals surface area contributed by atoms with E-state index in [-0.39, 0.29) is 24.4 Å². The number of hydrogen-bond donors (Lipinski definition) is 4. The first kappa shape index (κ1) is 20.6. The maximum Gasteiger partial charge on any atom is 0.281 e. The van der Waals surface area contributed by atoms with Crippen molar-refractivity contribution in [2.45, 2.75) is 25.3 Å². The number of nitrogens with one attached hydrogen (secondary N) is 3. The molecule has 4 N–H and O–H groups in total. The number of allylic oxidation sites excluding steroid dienone is 1. The van der Waals surface area contributed by atoms with Crippen LogP contribution in [0.25, 0.3) is 16.5 Å². The minimum atomic E-state index is -0.663. The van der Waals surface area contributed by atoms with Gasteiger partial charge in [0.05, 0.1) is 0 Å². The Morgan fingerprint density at radius 2 is 2.00 bits per heavy atom. The molecular formula is C23H22FN3O4. The van der Waals surface area contributed by atoms with Crippen LogP contribution >= 0.6 is 0 Å². The predicted octanol–water partition coefficient (Wildman–Crippen LogP) is 3.56. The molecule has 8 heteroatoms. The lowest BCUT2D eigenvalue weighted by molar-refractivity contribution is -0.131. The fraction of sp³-hybridized carbons (Fsp3) is 0.217. The van der Waals surface area contributed by atoms with Crippen LogP contribution in [0.3, 0.4) is 0 Å². The fourth-order valence-corrected chi connectivity index (χ4v) is 3.72. The number of fused-ring (bicyclic) bond motifs is 1. The summed E-state index contributed by atoms with van der Waals surface area (Å²) >= 11 is 0. The first-order chi connectivity index (χ1) is 15.0. The van der Waals surface area contributed by atoms with Gasteiger partial charge in [0.15, 0.2) is 6.61 Å². The Bertz CT molecular complexity index is 1140. The zero-order chi connectivity index (χ0) is 21.8. The van der Waals surface area contributed by atoms with E-state index >= 15 is 0 Å². The van der Waals surface area contributed by atoms with Crippen LogP contribution < -0.4 is 15.5 Å². The van der Waals surface area contributed by atoms with Crippen molar-refractivity contribution in [1.82, 2.24) is 15.8 Å². The van der Waals surface area contributed by atoms with Crippen LogP contribution in [-0.4, -0.2) is 34.7 Å². The minimum absolute atomic E-state index is 0.0161. The molecule has 0 spiro atoms. The van der Waals surface area contributed by atoms with Crippen molar-refractivity contribution >= 4 is 28.3 Å². The van der Waals surface area contributed by atoms with Gasteiger partial charge in [-0.05, 0) is 67.3 Å². The summed E-state index contributed by atoms with van der Waals surface area (Å²) in [6.07, 6.45) is 6.28. The molecule has 7 nitrogen and oxygen atoms in total. The molecule has 0 aliphatic heterocycles. The molecule has 1 atom stereocenters. The summed E-state index contributed by atoms with van der Waals surface area (Å²) in [4.78, 5) is 26.7. The van der Waals surface area contributed by atoms with Crippen molar-refractivity contribution in [2.24, 2.45) is 0 Å². The van der Waals surface area contributed by atoms with E-state index in [1.54, 1.807) is 36.4 Å². The highest BCUT2D eigenvalue weighted by molar-refractivity contribution is 5.95. The number of aromatic nitrogens is 1. The number of benzene rings is 2. The van der Waals surface area contributed by atoms with E-state index in [1.807, 2.05) is 6.20 Å². The van der Waals surface area contributed by atoms with Crippen molar-refractivity contribution in [3.05, 3.63) is 71.7 Å². The lowest BCUT2D eigenvalue weighted by atomic mass is 9.90. The summed E-state index contributed by atoms with van der Waals surface area (Å²) < 4.78 is 18.8. The third-order valence-electron chi connectivity index (χ3n) is 5.35. The minimum Gasteiger partial charge on any atom is -0.484 e. The Balaban J connectivity index is 1.35. The normalized spacial score (nSPS) is 15.9. The van der Waals surface area contributed by atoms with Crippen molar-refractivity contribution in [3.8, 4) is 5.75 Å². The number of hydroxylamine groups is 1. The molecular weight excluding hydrogens is 401 g/mol. The molecule has 0 bridgehead atoms. The summed E-state index contributed by atoms with van der Waals surface area (Å²) in [6.45, 7) is -0.318. The van der Waals surface area contributed by atoms with Crippen LogP contribution in [-0.2, 0) is 4.79 Å². The number of rotatable bonds is 6. The van der Waals surface area contributed by atoms with Gasteiger partial charge in [-0.3, -0.25) is 14.8 Å². The number of amides is 2. The maximum absolute atomic E-state index is 13.6. The van der Waals surface area contributed by atoms with Crippen LogP contribution in [0.4, 0.5) is 4.39 Å². The van der Waals surface area contributed by atoms with Crippen molar-refractivity contribution in [1.29, 1.82) is 0 Å². The molecule has 3 aromatic rings. The third-order valence-corrected chi connectivity index (χ3v) is 5.35. The Morgan fingerprint density at radius 1 is 1.19 bits per heavy atom.